The van der Waals surface area contributed by atoms with Crippen LogP contribution in [0.5, 0.6) is 11.5 Å². The number of hydrogen-bond donors (Lipinski definition) is 4. The highest BCUT2D eigenvalue weighted by Crippen LogP contribution is 2.69. The van der Waals surface area contributed by atoms with E-state index >= 15 is 0 Å². The Kier molecular flexibility index (Phi) is 6.89. The number of halogens is 1. The molecule has 1 saturated heterocycles. The highest BCUT2D eigenvalue weighted by Gasteiger charge is 2.69. The SMILES string of the molecule is O=C(O)CN1C(=O)C2C3CC(C2C1=O)C1C3Sc2[nH]c(=O)sc2[C@@H]1c1cc(Br)ccc1OCC(=O)Nc1ccc(O)cc1. The number of phenolic OH excluding ortho intramolecular Hbond substituents is 1. The molecule has 3 heterocycles. The molecule has 4 N–H and O–H groups in total. The van der Waals surface area contributed by atoms with Crippen LogP contribution in [0.25, 0.3) is 0 Å². The molecular formula is C29H24BrN3O8S2. The molecule has 3 amide bonds. The first-order chi connectivity index (χ1) is 20.6. The lowest BCUT2D eigenvalue weighted by Gasteiger charge is -2.43. The number of carbonyl (C=O) groups excluding carboxylic acids is 3. The number of ether oxygens (including phenoxy) is 1. The van der Waals surface area contributed by atoms with Crippen molar-refractivity contribution in [2.45, 2.75) is 22.6 Å². The number of thioether (sulfide) groups is 1. The van der Waals surface area contributed by atoms with Gasteiger partial charge in [-0.15, -0.1) is 11.8 Å². The van der Waals surface area contributed by atoms with Crippen LogP contribution in [-0.4, -0.2) is 62.2 Å². The third-order valence-corrected chi connectivity index (χ3v) is 12.0. The fraction of sp³-hybridized carbons (Fsp3) is 0.345. The van der Waals surface area contributed by atoms with Gasteiger partial charge in [0.15, 0.2) is 6.61 Å². The van der Waals surface area contributed by atoms with Crippen molar-refractivity contribution in [1.82, 2.24) is 9.88 Å². The van der Waals surface area contributed by atoms with Crippen LogP contribution in [0, 0.1) is 29.6 Å². The summed E-state index contributed by atoms with van der Waals surface area (Å²) in [6.45, 7) is -0.943. The summed E-state index contributed by atoms with van der Waals surface area (Å²) in [7, 11) is 0. The number of nitrogens with one attached hydrogen (secondary N) is 2. The van der Waals surface area contributed by atoms with Gasteiger partial charge in [0.05, 0.1) is 16.9 Å². The first kappa shape index (κ1) is 28.2. The first-order valence-electron chi connectivity index (χ1n) is 13.6. The second kappa shape index (κ2) is 10.5. The molecule has 2 aliphatic carbocycles. The number of nitrogens with zero attached hydrogens (tertiary/aromatic N) is 1. The molecule has 3 aromatic rings. The summed E-state index contributed by atoms with van der Waals surface area (Å²) >= 11 is 6.19. The number of H-pyrrole nitrogens is 1. The smallest absolute Gasteiger partial charge is 0.323 e. The topological polar surface area (TPSA) is 166 Å². The minimum absolute atomic E-state index is 0.0781. The van der Waals surface area contributed by atoms with Crippen molar-refractivity contribution in [1.29, 1.82) is 0 Å². The number of phenols is 1. The Bertz CT molecular complexity index is 1740. The molecule has 222 valence electrons. The molecule has 3 fully saturated rings. The van der Waals surface area contributed by atoms with E-state index in [1.54, 1.807) is 24.3 Å². The quantitative estimate of drug-likeness (QED) is 0.215. The number of thiazole rings is 1. The van der Waals surface area contributed by atoms with Gasteiger partial charge in [0.2, 0.25) is 11.8 Å². The average Bonchev–Trinajstić information content (AvgIpc) is 3.69. The van der Waals surface area contributed by atoms with Crippen molar-refractivity contribution in [3.05, 3.63) is 67.0 Å². The van der Waals surface area contributed by atoms with Crippen molar-refractivity contribution < 1.29 is 34.1 Å². The third kappa shape index (κ3) is 4.66. The van der Waals surface area contributed by atoms with Crippen molar-refractivity contribution in [3.63, 3.8) is 0 Å². The second-order valence-corrected chi connectivity index (χ2v) is 14.3. The number of fused-ring (bicyclic) bond motifs is 9. The first-order valence-corrected chi connectivity index (χ1v) is 16.1. The number of anilines is 1. The number of aromatic amines is 1. The van der Waals surface area contributed by atoms with Crippen LogP contribution in [0.1, 0.15) is 22.8 Å². The van der Waals surface area contributed by atoms with E-state index in [9.17, 15) is 34.2 Å². The predicted octanol–water partition coefficient (Wildman–Crippen LogP) is 3.48. The molecule has 2 aliphatic heterocycles. The van der Waals surface area contributed by atoms with Crippen LogP contribution in [-0.2, 0) is 19.2 Å². The van der Waals surface area contributed by atoms with E-state index in [0.717, 1.165) is 36.2 Å². The van der Waals surface area contributed by atoms with E-state index in [0.29, 0.717) is 17.9 Å². The van der Waals surface area contributed by atoms with Gasteiger partial charge in [0, 0.05) is 31.8 Å². The minimum atomic E-state index is -1.23. The summed E-state index contributed by atoms with van der Waals surface area (Å²) in [4.78, 5) is 68.0. The zero-order valence-corrected chi connectivity index (χ0v) is 25.4. The number of hydrogen-bond acceptors (Lipinski definition) is 9. The largest absolute Gasteiger partial charge is 0.508 e. The zero-order valence-electron chi connectivity index (χ0n) is 22.2. The fourth-order valence-corrected chi connectivity index (χ4v) is 10.8. The summed E-state index contributed by atoms with van der Waals surface area (Å²) < 4.78 is 6.84. The van der Waals surface area contributed by atoms with Gasteiger partial charge in [-0.05, 0) is 66.6 Å². The second-order valence-electron chi connectivity index (χ2n) is 11.2. The number of carbonyl (C=O) groups is 4. The molecule has 43 heavy (non-hydrogen) atoms. The van der Waals surface area contributed by atoms with Gasteiger partial charge in [-0.1, -0.05) is 27.3 Å². The molecule has 0 spiro atoms. The van der Waals surface area contributed by atoms with Crippen LogP contribution in [0.3, 0.4) is 0 Å². The summed E-state index contributed by atoms with van der Waals surface area (Å²) in [5, 5.41) is 22.2. The van der Waals surface area contributed by atoms with Gasteiger partial charge in [0.25, 0.3) is 5.91 Å². The van der Waals surface area contributed by atoms with E-state index in [2.05, 4.69) is 26.2 Å². The average molecular weight is 687 g/mol. The number of amides is 3. The van der Waals surface area contributed by atoms with Gasteiger partial charge in [-0.25, -0.2) is 0 Å². The number of aliphatic carboxylic acids is 1. The summed E-state index contributed by atoms with van der Waals surface area (Å²) in [6, 6.07) is 11.5. The van der Waals surface area contributed by atoms with Crippen molar-refractivity contribution in [2.24, 2.45) is 29.6 Å². The molecule has 2 saturated carbocycles. The van der Waals surface area contributed by atoms with Crippen LogP contribution in [0.2, 0.25) is 0 Å². The maximum atomic E-state index is 13.4. The Hall–Kier alpha value is -3.62. The maximum Gasteiger partial charge on any atom is 0.323 e. The molecular weight excluding hydrogens is 662 g/mol. The molecule has 2 aromatic carbocycles. The third-order valence-electron chi connectivity index (χ3n) is 8.93. The Morgan fingerprint density at radius 3 is 2.51 bits per heavy atom. The van der Waals surface area contributed by atoms with Crippen molar-refractivity contribution in [3.8, 4) is 11.5 Å². The summed E-state index contributed by atoms with van der Waals surface area (Å²) in [5.41, 5.74) is 1.25. The molecule has 1 aromatic heterocycles. The van der Waals surface area contributed by atoms with E-state index in [4.69, 9.17) is 4.74 Å². The van der Waals surface area contributed by atoms with Gasteiger partial charge in [0.1, 0.15) is 18.0 Å². The van der Waals surface area contributed by atoms with E-state index < -0.39 is 42.1 Å². The molecule has 4 aliphatic rings. The van der Waals surface area contributed by atoms with Gasteiger partial charge in [-0.2, -0.15) is 0 Å². The minimum Gasteiger partial charge on any atom is -0.508 e. The van der Waals surface area contributed by atoms with Gasteiger partial charge >= 0.3 is 10.8 Å². The zero-order chi connectivity index (χ0) is 30.2. The number of carboxylic acids is 1. The maximum absolute atomic E-state index is 13.4. The number of benzene rings is 2. The Balaban J connectivity index is 1.23. The number of rotatable bonds is 7. The lowest BCUT2D eigenvalue weighted by molar-refractivity contribution is -0.149. The number of aromatic hydroxyl groups is 1. The van der Waals surface area contributed by atoms with E-state index in [1.807, 2.05) is 6.07 Å². The number of aromatic nitrogens is 1. The summed E-state index contributed by atoms with van der Waals surface area (Å²) in [6.07, 6.45) is 0.658. The highest BCUT2D eigenvalue weighted by molar-refractivity contribution is 9.10. The molecule has 2 bridgehead atoms. The molecule has 7 atom stereocenters. The lowest BCUT2D eigenvalue weighted by Crippen LogP contribution is -2.42. The van der Waals surface area contributed by atoms with Crippen molar-refractivity contribution in [2.75, 3.05) is 18.5 Å². The monoisotopic (exact) mass is 685 g/mol. The highest BCUT2D eigenvalue weighted by atomic mass is 79.9. The molecule has 11 nitrogen and oxygen atoms in total. The number of carboxylic acid groups (broad SMARTS) is 1. The van der Waals surface area contributed by atoms with Crippen LogP contribution >= 0.6 is 39.0 Å². The van der Waals surface area contributed by atoms with Gasteiger partial charge in [-0.3, -0.25) is 28.9 Å². The fourth-order valence-electron chi connectivity index (χ4n) is 7.50. The van der Waals surface area contributed by atoms with E-state index in [-0.39, 0.29) is 46.2 Å². The number of imide groups is 1. The van der Waals surface area contributed by atoms with Crippen LogP contribution in [0.15, 0.2) is 56.8 Å². The molecule has 0 radical (unpaired) electrons. The summed E-state index contributed by atoms with van der Waals surface area (Å²) in [5.74, 6) is -3.96. The molecule has 7 rings (SSSR count). The van der Waals surface area contributed by atoms with E-state index in [1.165, 1.54) is 23.9 Å². The predicted molar refractivity (Wildman–Crippen MR) is 159 cm³/mol. The lowest BCUT2D eigenvalue weighted by atomic mass is 9.68. The standard InChI is InChI=1S/C29H24BrN3O8S2/c30-11-1-6-17(41-10-18(35)31-12-2-4-13(34)5-3-12)14(7-11)20-21-15-8-16(24(21)42-26-25(20)43-29(40)32-26)23-22(15)27(38)33(28(23)39)9-19(36)37/h1-7,15-16,20-24,34H,8-10H2,(H,31,35)(H,32,40)(H,36,37)/t15?,16?,20-,21?,22?,23?,24?/m1/s1. The molecule has 14 heteroatoms. The normalized spacial score (nSPS) is 28.4. The Morgan fingerprint density at radius 2 is 1.79 bits per heavy atom. The molecule has 6 unspecified atom stereocenters. The van der Waals surface area contributed by atoms with Gasteiger partial charge < -0.3 is 25.3 Å². The van der Waals surface area contributed by atoms with Crippen molar-refractivity contribution >= 4 is 68.4 Å². The Labute approximate surface area is 260 Å². The van der Waals surface area contributed by atoms with Crippen LogP contribution in [0.4, 0.5) is 5.69 Å². The Morgan fingerprint density at radius 1 is 1.07 bits per heavy atom. The number of likely N-dealkylation sites (tertiary alicyclic amines) is 1. The van der Waals surface area contributed by atoms with Crippen LogP contribution < -0.4 is 14.9 Å².